The number of rotatable bonds is 15. The molecule has 15 heteroatoms. The number of nitrogen functional groups attached to an aromatic ring is 1. The number of nitrogens with two attached hydrogens (primary N) is 1. The van der Waals surface area contributed by atoms with Crippen LogP contribution in [0.1, 0.15) is 54.1 Å². The Labute approximate surface area is 261 Å². The van der Waals surface area contributed by atoms with Crippen molar-refractivity contribution in [2.24, 2.45) is 5.73 Å². The van der Waals surface area contributed by atoms with E-state index < -0.39 is 46.2 Å². The Morgan fingerprint density at radius 1 is 1.09 bits per heavy atom. The monoisotopic (exact) mass is 643 g/mol. The number of ether oxygens (including phenoxy) is 2. The number of aliphatic carboxylic acids is 1. The third-order valence-corrected chi connectivity index (χ3v) is 8.78. The fourth-order valence-electron chi connectivity index (χ4n) is 4.47. The SMILES string of the molecule is CCOC(=O)C[C@H](COc1cc(C(=N)N)ccc1C=C(CC(=O)NC)C(=O)O)NC(=O)c1ccc(S(=O)(=O)N2CCCC2)cc1. The van der Waals surface area contributed by atoms with Gasteiger partial charge in [-0.05, 0) is 56.2 Å². The highest BCUT2D eigenvalue weighted by Crippen LogP contribution is 2.25. The van der Waals surface area contributed by atoms with Gasteiger partial charge in [0, 0.05) is 42.4 Å². The molecule has 1 aliphatic rings. The van der Waals surface area contributed by atoms with Crippen LogP contribution < -0.4 is 21.1 Å². The number of nitrogens with zero attached hydrogens (tertiary/aromatic N) is 1. The number of benzene rings is 2. The number of amides is 2. The Morgan fingerprint density at radius 3 is 2.31 bits per heavy atom. The Kier molecular flexibility index (Phi) is 12.2. The molecule has 2 amide bonds. The molecule has 1 saturated heterocycles. The van der Waals surface area contributed by atoms with Crippen molar-refractivity contribution in [3.05, 3.63) is 64.7 Å². The quantitative estimate of drug-likeness (QED) is 0.0815. The van der Waals surface area contributed by atoms with Crippen molar-refractivity contribution in [3.63, 3.8) is 0 Å². The fourth-order valence-corrected chi connectivity index (χ4v) is 5.99. The Bertz CT molecular complexity index is 1570. The average molecular weight is 644 g/mol. The number of hydrogen-bond donors (Lipinski definition) is 5. The van der Waals surface area contributed by atoms with Crippen molar-refractivity contribution in [1.29, 1.82) is 5.41 Å². The number of hydrogen-bond acceptors (Lipinski definition) is 9. The first-order valence-corrected chi connectivity index (χ1v) is 15.6. The van der Waals surface area contributed by atoms with E-state index in [0.717, 1.165) is 12.8 Å². The summed E-state index contributed by atoms with van der Waals surface area (Å²) in [5.74, 6) is -3.27. The van der Waals surface area contributed by atoms with E-state index in [2.05, 4.69) is 10.6 Å². The van der Waals surface area contributed by atoms with Crippen LogP contribution in [0.5, 0.6) is 5.75 Å². The van der Waals surface area contributed by atoms with Crippen LogP contribution in [0, 0.1) is 5.41 Å². The van der Waals surface area contributed by atoms with Crippen molar-refractivity contribution in [1.82, 2.24) is 14.9 Å². The van der Waals surface area contributed by atoms with Gasteiger partial charge in [0.1, 0.15) is 18.2 Å². The highest BCUT2D eigenvalue weighted by atomic mass is 32.2. The van der Waals surface area contributed by atoms with Crippen LogP contribution in [0.25, 0.3) is 6.08 Å². The van der Waals surface area contributed by atoms with Gasteiger partial charge in [0.05, 0.1) is 30.4 Å². The molecule has 0 saturated carbocycles. The third kappa shape index (κ3) is 9.61. The van der Waals surface area contributed by atoms with Gasteiger partial charge in [0.2, 0.25) is 15.9 Å². The van der Waals surface area contributed by atoms with Crippen LogP contribution in [-0.2, 0) is 29.1 Å². The molecule has 2 aromatic rings. The minimum absolute atomic E-state index is 0.0652. The maximum atomic E-state index is 13.1. The number of nitrogens with one attached hydrogen (secondary N) is 3. The second-order valence-corrected chi connectivity index (χ2v) is 12.1. The van der Waals surface area contributed by atoms with E-state index in [9.17, 15) is 32.7 Å². The van der Waals surface area contributed by atoms with E-state index in [1.54, 1.807) is 6.92 Å². The second kappa shape index (κ2) is 15.8. The van der Waals surface area contributed by atoms with Crippen molar-refractivity contribution >= 4 is 45.7 Å². The lowest BCUT2D eigenvalue weighted by atomic mass is 10.0. The number of carbonyl (C=O) groups is 4. The van der Waals surface area contributed by atoms with Crippen molar-refractivity contribution in [3.8, 4) is 5.75 Å². The molecule has 2 aromatic carbocycles. The molecule has 45 heavy (non-hydrogen) atoms. The first-order valence-electron chi connectivity index (χ1n) is 14.2. The molecular formula is C30H37N5O9S. The molecule has 0 bridgehead atoms. The van der Waals surface area contributed by atoms with Gasteiger partial charge < -0.3 is 30.9 Å². The lowest BCUT2D eigenvalue weighted by Crippen LogP contribution is -2.41. The topological polar surface area (TPSA) is 218 Å². The fraction of sp³-hybridized carbons (Fsp3) is 0.367. The molecule has 0 aromatic heterocycles. The van der Waals surface area contributed by atoms with E-state index in [-0.39, 0.29) is 58.4 Å². The number of carbonyl (C=O) groups excluding carboxylic acids is 3. The predicted octanol–water partition coefficient (Wildman–Crippen LogP) is 1.49. The minimum Gasteiger partial charge on any atom is -0.491 e. The highest BCUT2D eigenvalue weighted by molar-refractivity contribution is 7.89. The van der Waals surface area contributed by atoms with Crippen LogP contribution >= 0.6 is 0 Å². The van der Waals surface area contributed by atoms with Crippen LogP contribution in [0.3, 0.4) is 0 Å². The molecule has 0 aliphatic carbocycles. The third-order valence-electron chi connectivity index (χ3n) is 6.87. The molecular weight excluding hydrogens is 606 g/mol. The highest BCUT2D eigenvalue weighted by Gasteiger charge is 2.27. The van der Waals surface area contributed by atoms with Crippen LogP contribution in [0.15, 0.2) is 52.9 Å². The lowest BCUT2D eigenvalue weighted by molar-refractivity contribution is -0.143. The van der Waals surface area contributed by atoms with Crippen molar-refractivity contribution in [2.75, 3.05) is 33.4 Å². The molecule has 6 N–H and O–H groups in total. The van der Waals surface area contributed by atoms with Crippen LogP contribution in [0.2, 0.25) is 0 Å². The second-order valence-electron chi connectivity index (χ2n) is 10.1. The molecule has 0 unspecified atom stereocenters. The Morgan fingerprint density at radius 2 is 1.73 bits per heavy atom. The smallest absolute Gasteiger partial charge is 0.332 e. The number of sulfonamides is 1. The predicted molar refractivity (Wildman–Crippen MR) is 164 cm³/mol. The molecule has 3 rings (SSSR count). The van der Waals surface area contributed by atoms with Gasteiger partial charge in [-0.1, -0.05) is 12.1 Å². The van der Waals surface area contributed by atoms with Crippen LogP contribution in [0.4, 0.5) is 0 Å². The molecule has 1 heterocycles. The van der Waals surface area contributed by atoms with Gasteiger partial charge in [-0.15, -0.1) is 0 Å². The minimum atomic E-state index is -3.67. The van der Waals surface area contributed by atoms with Gasteiger partial charge in [-0.25, -0.2) is 13.2 Å². The van der Waals surface area contributed by atoms with Gasteiger partial charge in [-0.2, -0.15) is 4.31 Å². The van der Waals surface area contributed by atoms with E-state index in [1.165, 1.54) is 59.9 Å². The summed E-state index contributed by atoms with van der Waals surface area (Å²) in [6, 6.07) is 8.86. The first kappa shape index (κ1) is 34.7. The molecule has 0 spiro atoms. The number of esters is 1. The first-order chi connectivity index (χ1) is 21.3. The van der Waals surface area contributed by atoms with E-state index in [4.69, 9.17) is 20.6 Å². The zero-order valence-electron chi connectivity index (χ0n) is 25.0. The zero-order valence-corrected chi connectivity index (χ0v) is 25.8. The van der Waals surface area contributed by atoms with E-state index in [1.807, 2.05) is 0 Å². The summed E-state index contributed by atoms with van der Waals surface area (Å²) >= 11 is 0. The summed E-state index contributed by atoms with van der Waals surface area (Å²) < 4.78 is 38.1. The Balaban J connectivity index is 1.85. The van der Waals surface area contributed by atoms with Gasteiger partial charge in [0.15, 0.2) is 0 Å². The normalized spacial score (nSPS) is 14.3. The molecule has 1 aliphatic heterocycles. The van der Waals surface area contributed by atoms with Crippen molar-refractivity contribution in [2.45, 2.75) is 43.5 Å². The van der Waals surface area contributed by atoms with Gasteiger partial charge >= 0.3 is 11.9 Å². The summed E-state index contributed by atoms with van der Waals surface area (Å²) in [7, 11) is -2.29. The maximum Gasteiger partial charge on any atom is 0.332 e. The van der Waals surface area contributed by atoms with E-state index in [0.29, 0.717) is 13.1 Å². The summed E-state index contributed by atoms with van der Waals surface area (Å²) in [4.78, 5) is 49.3. The van der Waals surface area contributed by atoms with Crippen LogP contribution in [-0.4, -0.2) is 86.8 Å². The molecule has 14 nitrogen and oxygen atoms in total. The number of carboxylic acids is 1. The van der Waals surface area contributed by atoms with E-state index >= 15 is 0 Å². The molecule has 1 atom stereocenters. The van der Waals surface area contributed by atoms with Gasteiger partial charge in [-0.3, -0.25) is 19.8 Å². The van der Waals surface area contributed by atoms with Gasteiger partial charge in [0.25, 0.3) is 5.91 Å². The zero-order chi connectivity index (χ0) is 33.1. The largest absolute Gasteiger partial charge is 0.491 e. The summed E-state index contributed by atoms with van der Waals surface area (Å²) in [5, 5.41) is 22.5. The average Bonchev–Trinajstić information content (AvgIpc) is 3.56. The summed E-state index contributed by atoms with van der Waals surface area (Å²) in [6.45, 7) is 2.33. The molecule has 0 radical (unpaired) electrons. The summed E-state index contributed by atoms with van der Waals surface area (Å²) in [6.07, 6.45) is 2.12. The Hall–Kier alpha value is -4.76. The maximum absolute atomic E-state index is 13.1. The number of amidine groups is 1. The molecule has 1 fully saturated rings. The molecule has 242 valence electrons. The number of carboxylic acid groups (broad SMARTS) is 1. The summed E-state index contributed by atoms with van der Waals surface area (Å²) in [5.41, 5.74) is 6.05. The standard InChI is InChI=1S/C30H37N5O9S/c1-3-43-27(37)17-23(34-29(38)19-8-10-24(11-9-19)45(41,42)35-12-4-5-13-35)18-44-25-15-21(28(31)32)7-6-20(25)14-22(30(39)40)16-26(36)33-2/h6-11,14-15,23H,3-5,12-13,16-18H2,1-2H3,(H3,31,32)(H,33,36)(H,34,38)(H,39,40)/t23-/m1/s1. The lowest BCUT2D eigenvalue weighted by Gasteiger charge is -2.20. The van der Waals surface area contributed by atoms with Crippen molar-refractivity contribution < 1.29 is 42.2 Å².